The zero-order valence-electron chi connectivity index (χ0n) is 7.16. The molecule has 11 heavy (non-hydrogen) atoms. The average molecular weight is 177 g/mol. The molecule has 0 saturated carbocycles. The Bertz CT molecular complexity index is 156. The number of carbonyl (C=O) groups is 1. The third kappa shape index (κ3) is 3.47. The van der Waals surface area contributed by atoms with E-state index < -0.39 is 13.5 Å². The van der Waals surface area contributed by atoms with E-state index in [0.717, 1.165) is 0 Å². The van der Waals surface area contributed by atoms with Crippen LogP contribution in [0.3, 0.4) is 0 Å². The first-order valence-electron chi connectivity index (χ1n) is 3.70. The molecule has 3 nitrogen and oxygen atoms in total. The molecule has 0 saturated heterocycles. The minimum Gasteiger partial charge on any atom is -0.463 e. The summed E-state index contributed by atoms with van der Waals surface area (Å²) >= 11 is 0. The topological polar surface area (TPSA) is 43.4 Å². The molecule has 4 heteroatoms. The van der Waals surface area contributed by atoms with Gasteiger partial charge in [0.15, 0.2) is 0 Å². The molecule has 0 rings (SSSR count). The van der Waals surface area contributed by atoms with E-state index in [0.29, 0.717) is 13.0 Å². The van der Waals surface area contributed by atoms with E-state index in [1.54, 1.807) is 13.6 Å². The summed E-state index contributed by atoms with van der Waals surface area (Å²) in [6, 6.07) is 0. The van der Waals surface area contributed by atoms with Crippen LogP contribution in [0.1, 0.15) is 20.3 Å². The molecule has 0 heterocycles. The van der Waals surface area contributed by atoms with E-state index in [-0.39, 0.29) is 5.97 Å². The van der Waals surface area contributed by atoms with Crippen LogP contribution in [0.2, 0.25) is 0 Å². The molecule has 0 radical (unpaired) electrons. The molecule has 0 spiro atoms. The summed E-state index contributed by atoms with van der Waals surface area (Å²) < 4.78 is 15.7. The first-order chi connectivity index (χ1) is 5.13. The summed E-state index contributed by atoms with van der Waals surface area (Å²) in [7, 11) is -1.44. The normalized spacial score (nSPS) is 13.9. The maximum absolute atomic E-state index is 11.0. The summed E-state index contributed by atoms with van der Waals surface area (Å²) in [6.07, 6.45) is 0.588. The Labute approximate surface area is 67.9 Å². The number of hydrogen-bond acceptors (Lipinski definition) is 3. The lowest BCUT2D eigenvalue weighted by Crippen LogP contribution is -2.18. The number of ether oxygens (including phenoxy) is 1. The van der Waals surface area contributed by atoms with Gasteiger partial charge in [0.1, 0.15) is 6.66 Å². The standard InChI is InChI=1S/C7H14O3P/c1-4-6(11(3)9)7(8)10-5-2/h6H,4-5H2,1-3H3/q+1. The van der Waals surface area contributed by atoms with Crippen LogP contribution in [0.25, 0.3) is 0 Å². The lowest BCUT2D eigenvalue weighted by molar-refractivity contribution is -0.142. The van der Waals surface area contributed by atoms with Crippen molar-refractivity contribution in [3.63, 3.8) is 0 Å². The Morgan fingerprint density at radius 2 is 2.09 bits per heavy atom. The molecule has 0 aromatic rings. The fraction of sp³-hybridized carbons (Fsp3) is 0.857. The summed E-state index contributed by atoms with van der Waals surface area (Å²) in [5.41, 5.74) is -0.412. The van der Waals surface area contributed by atoms with Crippen molar-refractivity contribution >= 4 is 13.8 Å². The van der Waals surface area contributed by atoms with E-state index in [2.05, 4.69) is 0 Å². The van der Waals surface area contributed by atoms with Gasteiger partial charge in [-0.3, -0.25) is 0 Å². The quantitative estimate of drug-likeness (QED) is 0.485. The lowest BCUT2D eigenvalue weighted by Gasteiger charge is -2.01. The second kappa shape index (κ2) is 5.25. The smallest absolute Gasteiger partial charge is 0.358 e. The van der Waals surface area contributed by atoms with Crippen LogP contribution in [0.5, 0.6) is 0 Å². The van der Waals surface area contributed by atoms with E-state index >= 15 is 0 Å². The van der Waals surface area contributed by atoms with Gasteiger partial charge in [-0.05, 0) is 6.92 Å². The predicted octanol–water partition coefficient (Wildman–Crippen LogP) is 1.79. The van der Waals surface area contributed by atoms with Crippen LogP contribution in [0, 0.1) is 0 Å². The van der Waals surface area contributed by atoms with E-state index in [9.17, 15) is 9.36 Å². The molecule has 0 aliphatic rings. The van der Waals surface area contributed by atoms with Gasteiger partial charge in [-0.2, -0.15) is 0 Å². The Morgan fingerprint density at radius 1 is 1.55 bits per heavy atom. The van der Waals surface area contributed by atoms with Crippen molar-refractivity contribution in [2.24, 2.45) is 0 Å². The molecule has 0 aliphatic heterocycles. The Kier molecular flexibility index (Phi) is 5.05. The second-order valence-electron chi connectivity index (χ2n) is 2.22. The van der Waals surface area contributed by atoms with Crippen molar-refractivity contribution in [1.29, 1.82) is 0 Å². The average Bonchev–Trinajstić information content (AvgIpc) is 1.88. The highest BCUT2D eigenvalue weighted by atomic mass is 31.1. The highest BCUT2D eigenvalue weighted by Gasteiger charge is 2.32. The van der Waals surface area contributed by atoms with Crippen molar-refractivity contribution in [1.82, 2.24) is 0 Å². The summed E-state index contributed by atoms with van der Waals surface area (Å²) in [6.45, 7) is 5.49. The van der Waals surface area contributed by atoms with E-state index in [4.69, 9.17) is 4.74 Å². The molecule has 64 valence electrons. The van der Waals surface area contributed by atoms with Gasteiger partial charge in [-0.1, -0.05) is 11.5 Å². The van der Waals surface area contributed by atoms with E-state index in [1.807, 2.05) is 6.92 Å². The number of hydrogen-bond donors (Lipinski definition) is 0. The minimum atomic E-state index is -1.44. The minimum absolute atomic E-state index is 0.335. The highest BCUT2D eigenvalue weighted by Crippen LogP contribution is 2.26. The number of rotatable bonds is 4. The maximum atomic E-state index is 11.0. The van der Waals surface area contributed by atoms with Crippen LogP contribution < -0.4 is 0 Å². The third-order valence-electron chi connectivity index (χ3n) is 1.38. The molecular weight excluding hydrogens is 163 g/mol. The molecule has 0 fully saturated rings. The SMILES string of the molecule is CCOC(=O)C(CC)[P+](C)=O. The van der Waals surface area contributed by atoms with Gasteiger partial charge < -0.3 is 4.74 Å². The Morgan fingerprint density at radius 3 is 2.36 bits per heavy atom. The van der Waals surface area contributed by atoms with Gasteiger partial charge >= 0.3 is 13.8 Å². The number of esters is 1. The molecule has 0 aromatic heterocycles. The molecule has 2 unspecified atom stereocenters. The molecule has 0 aromatic carbocycles. The zero-order valence-corrected chi connectivity index (χ0v) is 8.06. The molecule has 0 bridgehead atoms. The lowest BCUT2D eigenvalue weighted by atomic mass is 10.3. The van der Waals surface area contributed by atoms with Gasteiger partial charge in [-0.25, -0.2) is 4.79 Å². The van der Waals surface area contributed by atoms with Crippen molar-refractivity contribution in [3.8, 4) is 0 Å². The largest absolute Gasteiger partial charge is 0.463 e. The third-order valence-corrected chi connectivity index (χ3v) is 2.84. The predicted molar refractivity (Wildman–Crippen MR) is 44.2 cm³/mol. The van der Waals surface area contributed by atoms with Crippen LogP contribution in [-0.2, 0) is 14.1 Å². The second-order valence-corrected chi connectivity index (χ2v) is 3.94. The van der Waals surface area contributed by atoms with Crippen LogP contribution >= 0.6 is 7.80 Å². The van der Waals surface area contributed by atoms with Gasteiger partial charge in [0.05, 0.1) is 6.61 Å². The van der Waals surface area contributed by atoms with Gasteiger partial charge in [0.2, 0.25) is 0 Å². The van der Waals surface area contributed by atoms with Crippen molar-refractivity contribution < 1.29 is 14.1 Å². The summed E-state index contributed by atoms with van der Waals surface area (Å²) in [4.78, 5) is 11.0. The monoisotopic (exact) mass is 177 g/mol. The first-order valence-corrected chi connectivity index (χ1v) is 5.47. The summed E-state index contributed by atoms with van der Waals surface area (Å²) in [5, 5.41) is 0. The van der Waals surface area contributed by atoms with Gasteiger partial charge in [0.25, 0.3) is 5.66 Å². The van der Waals surface area contributed by atoms with Crippen LogP contribution in [0.4, 0.5) is 0 Å². The van der Waals surface area contributed by atoms with Crippen molar-refractivity contribution in [2.45, 2.75) is 25.9 Å². The zero-order chi connectivity index (χ0) is 8.85. The number of carbonyl (C=O) groups excluding carboxylic acids is 1. The summed E-state index contributed by atoms with van der Waals surface area (Å²) in [5.74, 6) is -0.335. The van der Waals surface area contributed by atoms with Crippen LogP contribution in [0.15, 0.2) is 0 Å². The molecular formula is C7H14O3P+. The molecule has 0 N–H and O–H groups in total. The highest BCUT2D eigenvalue weighted by molar-refractivity contribution is 7.45. The van der Waals surface area contributed by atoms with Gasteiger partial charge in [-0.15, -0.1) is 0 Å². The Balaban J connectivity index is 4.03. The molecule has 2 atom stereocenters. The van der Waals surface area contributed by atoms with E-state index in [1.165, 1.54) is 0 Å². The maximum Gasteiger partial charge on any atom is 0.358 e. The fourth-order valence-electron chi connectivity index (χ4n) is 0.811. The molecule has 0 amide bonds. The van der Waals surface area contributed by atoms with Crippen LogP contribution in [-0.4, -0.2) is 24.9 Å². The Hall–Kier alpha value is -0.430. The fourth-order valence-corrected chi connectivity index (χ4v) is 1.70. The first kappa shape index (κ1) is 10.6. The van der Waals surface area contributed by atoms with Crippen molar-refractivity contribution in [2.75, 3.05) is 13.3 Å². The van der Waals surface area contributed by atoms with Gasteiger partial charge in [0, 0.05) is 6.42 Å². The van der Waals surface area contributed by atoms with Crippen molar-refractivity contribution in [3.05, 3.63) is 0 Å². The molecule has 0 aliphatic carbocycles.